The summed E-state index contributed by atoms with van der Waals surface area (Å²) in [7, 11) is 0. The van der Waals surface area contributed by atoms with Crippen molar-refractivity contribution in [2.24, 2.45) is 0 Å². The van der Waals surface area contributed by atoms with Gasteiger partial charge in [-0.3, -0.25) is 9.78 Å². The first-order chi connectivity index (χ1) is 19.0. The Hall–Kier alpha value is -5.05. The molecule has 2 amide bonds. The predicted octanol–water partition coefficient (Wildman–Crippen LogP) is 5.48. The zero-order chi connectivity index (χ0) is 26.8. The molecule has 0 atom stereocenters. The monoisotopic (exact) mass is 518 g/mol. The van der Waals surface area contributed by atoms with Gasteiger partial charge in [0.2, 0.25) is 0 Å². The molecule has 3 aromatic carbocycles. The number of phenols is 1. The van der Waals surface area contributed by atoms with Gasteiger partial charge in [0.25, 0.3) is 5.91 Å². The molecule has 3 N–H and O–H groups in total. The maximum atomic E-state index is 13.1. The number of carbonyl (C=O) groups is 2. The SMILES string of the molecule is O=C(Nc1ccc(-c2cc(C3CCC3)n(C(=O)NCc3ccccc3)n2)c(O)c1)c1cnc2ccccc2n1. The molecule has 1 fully saturated rings. The number of amides is 2. The lowest BCUT2D eigenvalue weighted by atomic mass is 9.82. The minimum atomic E-state index is -0.438. The topological polar surface area (TPSA) is 122 Å². The Morgan fingerprint density at radius 3 is 2.46 bits per heavy atom. The largest absolute Gasteiger partial charge is 0.507 e. The molecule has 2 aromatic heterocycles. The summed E-state index contributed by atoms with van der Waals surface area (Å²) in [6, 6.07) is 23.4. The van der Waals surface area contributed by atoms with E-state index in [1.54, 1.807) is 18.2 Å². The van der Waals surface area contributed by atoms with Crippen molar-refractivity contribution in [2.75, 3.05) is 5.32 Å². The number of aromatic hydroxyl groups is 1. The number of anilines is 1. The Morgan fingerprint density at radius 2 is 1.72 bits per heavy atom. The number of hydrogen-bond acceptors (Lipinski definition) is 6. The Balaban J connectivity index is 1.21. The fourth-order valence-electron chi connectivity index (χ4n) is 4.62. The normalized spacial score (nSPS) is 13.1. The van der Waals surface area contributed by atoms with E-state index in [-0.39, 0.29) is 23.4 Å². The molecular formula is C30H26N6O3. The molecule has 6 rings (SSSR count). The quantitative estimate of drug-likeness (QED) is 0.274. The number of carbonyl (C=O) groups excluding carboxylic acids is 2. The Kier molecular flexibility index (Phi) is 6.46. The minimum Gasteiger partial charge on any atom is -0.507 e. The smallest absolute Gasteiger partial charge is 0.342 e. The van der Waals surface area contributed by atoms with Crippen LogP contribution in [0.4, 0.5) is 10.5 Å². The van der Waals surface area contributed by atoms with Crippen LogP contribution < -0.4 is 10.6 Å². The van der Waals surface area contributed by atoms with Gasteiger partial charge in [-0.2, -0.15) is 9.78 Å². The van der Waals surface area contributed by atoms with Crippen molar-refractivity contribution < 1.29 is 14.7 Å². The molecule has 5 aromatic rings. The number of benzene rings is 3. The van der Waals surface area contributed by atoms with Crippen molar-refractivity contribution in [1.29, 1.82) is 0 Å². The summed E-state index contributed by atoms with van der Waals surface area (Å²) in [6.07, 6.45) is 4.51. The summed E-state index contributed by atoms with van der Waals surface area (Å²) in [6.45, 7) is 0.389. The van der Waals surface area contributed by atoms with Crippen LogP contribution in [0.2, 0.25) is 0 Å². The molecule has 0 spiro atoms. The van der Waals surface area contributed by atoms with Gasteiger partial charge in [0.15, 0.2) is 0 Å². The zero-order valence-electron chi connectivity index (χ0n) is 21.0. The lowest BCUT2D eigenvalue weighted by Crippen LogP contribution is -2.31. The van der Waals surface area contributed by atoms with Crippen LogP contribution in [-0.2, 0) is 6.54 Å². The second-order valence-electron chi connectivity index (χ2n) is 9.57. The maximum absolute atomic E-state index is 13.1. The predicted molar refractivity (Wildman–Crippen MR) is 147 cm³/mol. The fraction of sp³-hybridized carbons (Fsp3) is 0.167. The van der Waals surface area contributed by atoms with E-state index in [9.17, 15) is 14.7 Å². The summed E-state index contributed by atoms with van der Waals surface area (Å²) in [4.78, 5) is 34.5. The molecule has 1 saturated carbocycles. The van der Waals surface area contributed by atoms with Crippen molar-refractivity contribution in [3.63, 3.8) is 0 Å². The first-order valence-corrected chi connectivity index (χ1v) is 12.8. The third-order valence-corrected chi connectivity index (χ3v) is 6.95. The van der Waals surface area contributed by atoms with Crippen LogP contribution in [0.5, 0.6) is 5.75 Å². The Morgan fingerprint density at radius 1 is 0.949 bits per heavy atom. The standard InChI is InChI=1S/C30H26N6O3/c37-28-15-21(33-29(38)26-18-31-23-11-4-5-12-24(23)34-26)13-14-22(28)25-16-27(20-9-6-10-20)36(35-25)30(39)32-17-19-7-2-1-3-8-19/h1-5,7-8,11-16,18,20,37H,6,9-10,17H2,(H,32,39)(H,33,38). The van der Waals surface area contributed by atoms with Crippen LogP contribution in [0, 0.1) is 0 Å². The second kappa shape index (κ2) is 10.4. The average molecular weight is 519 g/mol. The number of phenolic OH excluding ortho intramolecular Hbond substituents is 1. The maximum Gasteiger partial charge on any atom is 0.342 e. The third kappa shape index (κ3) is 5.06. The molecule has 9 nitrogen and oxygen atoms in total. The summed E-state index contributed by atoms with van der Waals surface area (Å²) in [5.74, 6) is -0.253. The average Bonchev–Trinajstić information content (AvgIpc) is 3.35. The van der Waals surface area contributed by atoms with Crippen molar-refractivity contribution in [1.82, 2.24) is 25.1 Å². The molecule has 9 heteroatoms. The highest BCUT2D eigenvalue weighted by molar-refractivity contribution is 6.03. The molecule has 0 bridgehead atoms. The van der Waals surface area contributed by atoms with Gasteiger partial charge >= 0.3 is 6.03 Å². The second-order valence-corrected chi connectivity index (χ2v) is 9.57. The Labute approximate surface area is 224 Å². The molecule has 0 radical (unpaired) electrons. The highest BCUT2D eigenvalue weighted by Gasteiger charge is 2.27. The van der Waals surface area contributed by atoms with E-state index >= 15 is 0 Å². The lowest BCUT2D eigenvalue weighted by Gasteiger charge is -2.25. The number of nitrogens with zero attached hydrogens (tertiary/aromatic N) is 4. The summed E-state index contributed by atoms with van der Waals surface area (Å²) >= 11 is 0. The van der Waals surface area contributed by atoms with Crippen LogP contribution in [0.1, 0.15) is 46.9 Å². The van der Waals surface area contributed by atoms with Gasteiger partial charge in [-0.15, -0.1) is 0 Å². The van der Waals surface area contributed by atoms with E-state index < -0.39 is 5.91 Å². The van der Waals surface area contributed by atoms with E-state index in [2.05, 4.69) is 25.7 Å². The molecular weight excluding hydrogens is 492 g/mol. The van der Waals surface area contributed by atoms with Crippen LogP contribution >= 0.6 is 0 Å². The van der Waals surface area contributed by atoms with E-state index in [1.165, 1.54) is 16.9 Å². The molecule has 2 heterocycles. The summed E-state index contributed by atoms with van der Waals surface area (Å²) < 4.78 is 1.41. The molecule has 0 aliphatic heterocycles. The van der Waals surface area contributed by atoms with Gasteiger partial charge in [0.05, 0.1) is 28.6 Å². The van der Waals surface area contributed by atoms with E-state index in [0.29, 0.717) is 34.5 Å². The number of para-hydroxylation sites is 2. The summed E-state index contributed by atoms with van der Waals surface area (Å²) in [5, 5.41) is 21.1. The van der Waals surface area contributed by atoms with Gasteiger partial charge in [0, 0.05) is 29.8 Å². The van der Waals surface area contributed by atoms with Gasteiger partial charge in [0.1, 0.15) is 11.4 Å². The van der Waals surface area contributed by atoms with E-state index in [1.807, 2.05) is 54.6 Å². The van der Waals surface area contributed by atoms with E-state index in [0.717, 1.165) is 30.5 Å². The summed E-state index contributed by atoms with van der Waals surface area (Å²) in [5.41, 5.74) is 4.66. The first-order valence-electron chi connectivity index (χ1n) is 12.8. The molecule has 194 valence electrons. The Bertz CT molecular complexity index is 1680. The van der Waals surface area contributed by atoms with Crippen molar-refractivity contribution >= 4 is 28.7 Å². The van der Waals surface area contributed by atoms with Gasteiger partial charge in [-0.05, 0) is 48.7 Å². The van der Waals surface area contributed by atoms with Gasteiger partial charge in [-0.1, -0.05) is 48.9 Å². The third-order valence-electron chi connectivity index (χ3n) is 6.95. The first kappa shape index (κ1) is 24.3. The highest BCUT2D eigenvalue weighted by Crippen LogP contribution is 2.39. The van der Waals surface area contributed by atoms with Crippen molar-refractivity contribution in [3.8, 4) is 17.0 Å². The molecule has 39 heavy (non-hydrogen) atoms. The van der Waals surface area contributed by atoms with Crippen molar-refractivity contribution in [2.45, 2.75) is 31.7 Å². The number of nitrogens with one attached hydrogen (secondary N) is 2. The number of rotatable bonds is 6. The molecule has 1 aliphatic carbocycles. The lowest BCUT2D eigenvalue weighted by molar-refractivity contribution is 0.102. The fourth-order valence-corrected chi connectivity index (χ4v) is 4.62. The number of hydrogen-bond donors (Lipinski definition) is 3. The van der Waals surface area contributed by atoms with Crippen LogP contribution in [0.25, 0.3) is 22.3 Å². The minimum absolute atomic E-state index is 0.0631. The van der Waals surface area contributed by atoms with Crippen LogP contribution in [0.3, 0.4) is 0 Å². The molecule has 0 unspecified atom stereocenters. The number of fused-ring (bicyclic) bond motifs is 1. The van der Waals surface area contributed by atoms with E-state index in [4.69, 9.17) is 0 Å². The highest BCUT2D eigenvalue weighted by atomic mass is 16.3. The number of aromatic nitrogens is 4. The van der Waals surface area contributed by atoms with Crippen molar-refractivity contribution in [3.05, 3.63) is 102 Å². The van der Waals surface area contributed by atoms with Gasteiger partial charge in [-0.25, -0.2) is 9.78 Å². The van der Waals surface area contributed by atoms with Gasteiger partial charge < -0.3 is 15.7 Å². The van der Waals surface area contributed by atoms with Crippen LogP contribution in [0.15, 0.2) is 85.1 Å². The van der Waals surface area contributed by atoms with Crippen LogP contribution in [-0.4, -0.2) is 36.8 Å². The molecule has 0 saturated heterocycles. The molecule has 1 aliphatic rings. The zero-order valence-corrected chi connectivity index (χ0v) is 21.0.